The van der Waals surface area contributed by atoms with Crippen LogP contribution in [-0.2, 0) is 0 Å². The average molecular weight is 152 g/mol. The topological polar surface area (TPSA) is 0 Å². The zero-order valence-electron chi connectivity index (χ0n) is 6.62. The van der Waals surface area contributed by atoms with E-state index in [0.29, 0.717) is 0 Å². The molecule has 2 rings (SSSR count). The van der Waals surface area contributed by atoms with Gasteiger partial charge < -0.3 is 0 Å². The van der Waals surface area contributed by atoms with Crippen molar-refractivity contribution in [1.29, 1.82) is 0 Å². The smallest absolute Gasteiger partial charge is 0.137 e. The van der Waals surface area contributed by atoms with Crippen LogP contribution in [0.3, 0.4) is 0 Å². The Labute approximate surface area is 72.6 Å². The molecular weight excluding hydrogens is 144 g/mol. The summed E-state index contributed by atoms with van der Waals surface area (Å²) < 4.78 is 0. The minimum Gasteiger partial charge on any atom is -0.224 e. The van der Waals surface area contributed by atoms with E-state index in [1.54, 1.807) is 0 Å². The maximum Gasteiger partial charge on any atom is 0.137 e. The van der Waals surface area contributed by atoms with Crippen LogP contribution in [0.4, 0.5) is 0 Å². The first kappa shape index (κ1) is 6.94. The van der Waals surface area contributed by atoms with E-state index >= 15 is 0 Å². The quantitative estimate of drug-likeness (QED) is 0.400. The summed E-state index contributed by atoms with van der Waals surface area (Å²) in [6, 6.07) is 0. The van der Waals surface area contributed by atoms with Gasteiger partial charge in [0.05, 0.1) is 6.08 Å². The van der Waals surface area contributed by atoms with Crippen LogP contribution >= 0.6 is 0 Å². The summed E-state index contributed by atoms with van der Waals surface area (Å²) >= 11 is 0. The van der Waals surface area contributed by atoms with Gasteiger partial charge >= 0.3 is 0 Å². The molecule has 0 aromatic carbocycles. The Hall–Kier alpha value is -1.74. The van der Waals surface area contributed by atoms with Crippen molar-refractivity contribution in [2.24, 2.45) is 0 Å². The zero-order chi connectivity index (χ0) is 8.23. The maximum absolute atomic E-state index is 3.15. The highest BCUT2D eigenvalue weighted by atomic mass is 14.0. The molecule has 0 N–H and O–H groups in total. The standard InChI is InChI=1S/C12H8/c1-3-7-11(8-4-1)12-9-5-2-6-10-12/h1-7,9H. The third kappa shape index (κ3) is 1.31. The summed E-state index contributed by atoms with van der Waals surface area (Å²) in [5.41, 5.74) is 5.34. The van der Waals surface area contributed by atoms with Crippen molar-refractivity contribution in [3.63, 3.8) is 0 Å². The molecule has 0 nitrogen and oxygen atoms in total. The molecule has 2 aliphatic rings. The molecular formula is C12H8. The predicted molar refractivity (Wildman–Crippen MR) is 50.1 cm³/mol. The molecule has 0 aromatic rings. The lowest BCUT2D eigenvalue weighted by Crippen LogP contribution is -1.86. The lowest BCUT2D eigenvalue weighted by atomic mass is 10.0. The molecule has 0 aromatic heterocycles. The Morgan fingerprint density at radius 2 is 2.33 bits per heavy atom. The number of hydrogen-bond acceptors (Lipinski definition) is 0. The third-order valence-electron chi connectivity index (χ3n) is 1.71. The molecule has 0 spiro atoms. The molecule has 0 unspecified atom stereocenters. The van der Waals surface area contributed by atoms with Gasteiger partial charge in [-0.3, -0.25) is 0 Å². The summed E-state index contributed by atoms with van der Waals surface area (Å²) in [5, 5.41) is 0. The normalized spacial score (nSPS) is 18.0. The second kappa shape index (κ2) is 3.11. The van der Waals surface area contributed by atoms with E-state index in [0.717, 1.165) is 11.1 Å². The second-order valence-electron chi connectivity index (χ2n) is 2.55. The molecule has 0 radical (unpaired) electrons. The fraction of sp³-hybridized carbons (Fsp3) is 0. The highest BCUT2D eigenvalue weighted by Crippen LogP contribution is 2.16. The summed E-state index contributed by atoms with van der Waals surface area (Å²) in [4.78, 5) is 0. The first-order valence-corrected chi connectivity index (χ1v) is 3.90. The largest absolute Gasteiger partial charge is 0.224 e. The Kier molecular flexibility index (Phi) is 1.80. The molecule has 0 saturated carbocycles. The van der Waals surface area contributed by atoms with Crippen LogP contribution in [0, 0.1) is 12.5 Å². The van der Waals surface area contributed by atoms with Crippen LogP contribution in [0.1, 0.15) is 0 Å². The lowest BCUT2D eigenvalue weighted by molar-refractivity contribution is 1.47. The predicted octanol–water partition coefficient (Wildman–Crippen LogP) is 2.70. The fourth-order valence-corrected chi connectivity index (χ4v) is 1.12. The number of allylic oxidation sites excluding steroid dienone is 9. The van der Waals surface area contributed by atoms with Crippen molar-refractivity contribution in [2.45, 2.75) is 0 Å². The highest BCUT2D eigenvalue weighted by Gasteiger charge is 2.03. The summed E-state index contributed by atoms with van der Waals surface area (Å²) in [6.45, 7) is 0. The summed E-state index contributed by atoms with van der Waals surface area (Å²) in [7, 11) is 0. The van der Waals surface area contributed by atoms with Gasteiger partial charge in [0.25, 0.3) is 0 Å². The molecule has 0 saturated heterocycles. The minimum atomic E-state index is 1.10. The Morgan fingerprint density at radius 3 is 3.00 bits per heavy atom. The SMILES string of the molecule is C1=C[CH-]C=CC=1C1=CC=CC=[C+]1. The molecule has 0 aliphatic heterocycles. The van der Waals surface area contributed by atoms with Crippen molar-refractivity contribution >= 4 is 0 Å². The zero-order valence-corrected chi connectivity index (χ0v) is 6.62. The molecule has 12 heavy (non-hydrogen) atoms. The van der Waals surface area contributed by atoms with Gasteiger partial charge in [-0.2, -0.15) is 12.5 Å². The van der Waals surface area contributed by atoms with E-state index in [9.17, 15) is 0 Å². The van der Waals surface area contributed by atoms with Gasteiger partial charge in [0.1, 0.15) is 5.57 Å². The monoisotopic (exact) mass is 152 g/mol. The van der Waals surface area contributed by atoms with Gasteiger partial charge in [0.15, 0.2) is 0 Å². The lowest BCUT2D eigenvalue weighted by Gasteiger charge is -2.03. The van der Waals surface area contributed by atoms with Crippen molar-refractivity contribution < 1.29 is 0 Å². The Balaban J connectivity index is 2.37. The second-order valence-corrected chi connectivity index (χ2v) is 2.55. The van der Waals surface area contributed by atoms with Gasteiger partial charge in [-0.15, -0.1) is 12.2 Å². The van der Waals surface area contributed by atoms with Crippen LogP contribution in [-0.4, -0.2) is 0 Å². The van der Waals surface area contributed by atoms with Crippen molar-refractivity contribution in [1.82, 2.24) is 0 Å². The molecule has 0 atom stereocenters. The van der Waals surface area contributed by atoms with E-state index < -0.39 is 0 Å². The van der Waals surface area contributed by atoms with Gasteiger partial charge in [0.2, 0.25) is 0 Å². The van der Waals surface area contributed by atoms with E-state index in [1.807, 2.05) is 49.0 Å². The Morgan fingerprint density at radius 1 is 1.33 bits per heavy atom. The third-order valence-corrected chi connectivity index (χ3v) is 1.71. The van der Waals surface area contributed by atoms with Gasteiger partial charge in [-0.05, 0) is 5.57 Å². The van der Waals surface area contributed by atoms with Crippen LogP contribution in [0.15, 0.2) is 59.4 Å². The molecule has 56 valence electrons. The molecule has 0 heteroatoms. The van der Waals surface area contributed by atoms with Crippen LogP contribution in [0.25, 0.3) is 0 Å². The highest BCUT2D eigenvalue weighted by molar-refractivity contribution is 5.49. The molecule has 0 bridgehead atoms. The minimum absolute atomic E-state index is 1.10. The van der Waals surface area contributed by atoms with E-state index in [1.165, 1.54) is 0 Å². The van der Waals surface area contributed by atoms with Crippen LogP contribution in [0.2, 0.25) is 0 Å². The first-order chi connectivity index (χ1) is 5.97. The van der Waals surface area contributed by atoms with Crippen molar-refractivity contribution in [3.8, 4) is 0 Å². The van der Waals surface area contributed by atoms with E-state index in [-0.39, 0.29) is 0 Å². The average Bonchev–Trinajstić information content (AvgIpc) is 2.21. The Bertz CT molecular complexity index is 353. The van der Waals surface area contributed by atoms with Crippen molar-refractivity contribution in [2.75, 3.05) is 0 Å². The molecule has 2 aliphatic carbocycles. The molecule has 0 heterocycles. The molecule has 0 fully saturated rings. The number of hydrogen-bond donors (Lipinski definition) is 0. The van der Waals surface area contributed by atoms with Gasteiger partial charge in [-0.25, -0.2) is 5.73 Å². The summed E-state index contributed by atoms with van der Waals surface area (Å²) in [6.07, 6.45) is 19.0. The van der Waals surface area contributed by atoms with Crippen LogP contribution < -0.4 is 0 Å². The fourth-order valence-electron chi connectivity index (χ4n) is 1.12. The summed E-state index contributed by atoms with van der Waals surface area (Å²) in [5.74, 6) is 0. The van der Waals surface area contributed by atoms with Gasteiger partial charge in [0, 0.05) is 24.3 Å². The van der Waals surface area contributed by atoms with Gasteiger partial charge in [-0.1, -0.05) is 0 Å². The van der Waals surface area contributed by atoms with E-state index in [2.05, 4.69) is 11.8 Å². The first-order valence-electron chi connectivity index (χ1n) is 3.90. The van der Waals surface area contributed by atoms with Crippen LogP contribution in [0.5, 0.6) is 0 Å². The van der Waals surface area contributed by atoms with Crippen molar-refractivity contribution in [3.05, 3.63) is 71.9 Å². The molecule has 0 amide bonds. The van der Waals surface area contributed by atoms with E-state index in [4.69, 9.17) is 0 Å². The number of rotatable bonds is 1. The maximum atomic E-state index is 3.15.